The monoisotopic (exact) mass is 328 g/mol. The highest BCUT2D eigenvalue weighted by Crippen LogP contribution is 2.03. The van der Waals surface area contributed by atoms with Gasteiger partial charge in [0.05, 0.1) is 0 Å². The largest absolute Gasteiger partial charge is 0.463 e. The molecule has 0 aliphatic heterocycles. The van der Waals surface area contributed by atoms with Crippen LogP contribution in [-0.2, 0) is 23.9 Å². The van der Waals surface area contributed by atoms with Crippen molar-refractivity contribution in [2.75, 3.05) is 34.4 Å². The minimum atomic E-state index is -0.974. The lowest BCUT2D eigenvalue weighted by Crippen LogP contribution is -2.46. The van der Waals surface area contributed by atoms with Gasteiger partial charge in [-0.1, -0.05) is 0 Å². The standard InChI is InChI=1S/C14H24N4O5/c1-10(22-4)13(20)17-12(6-5-11(19)9-16-15)14(21)23-8-7-18(2)3/h9-10,12H,5-8H2,1-4H3,(H,17,20)/t10-,12+/m1/s1. The Morgan fingerprint density at radius 1 is 1.35 bits per heavy atom. The van der Waals surface area contributed by atoms with E-state index in [1.807, 2.05) is 19.0 Å². The molecule has 0 heterocycles. The number of ether oxygens (including phenoxy) is 2. The van der Waals surface area contributed by atoms with Crippen LogP contribution in [0.5, 0.6) is 0 Å². The summed E-state index contributed by atoms with van der Waals surface area (Å²) in [5.74, 6) is -1.57. The van der Waals surface area contributed by atoms with Gasteiger partial charge in [0.15, 0.2) is 0 Å². The van der Waals surface area contributed by atoms with Crippen molar-refractivity contribution in [3.8, 4) is 0 Å². The topological polar surface area (TPSA) is 121 Å². The second-order valence-corrected chi connectivity index (χ2v) is 5.16. The Balaban J connectivity index is 4.70. The molecule has 130 valence electrons. The predicted molar refractivity (Wildman–Crippen MR) is 81.8 cm³/mol. The number of Topliss-reactive ketones (excluding diaryl/α,β-unsaturated/α-hetero) is 1. The fraction of sp³-hybridized carbons (Fsp3) is 0.714. The van der Waals surface area contributed by atoms with Crippen molar-refractivity contribution in [2.45, 2.75) is 31.9 Å². The van der Waals surface area contributed by atoms with Gasteiger partial charge in [0, 0.05) is 20.1 Å². The normalized spacial score (nSPS) is 12.9. The molecule has 0 aliphatic rings. The van der Waals surface area contributed by atoms with Gasteiger partial charge in [-0.2, -0.15) is 4.79 Å². The number of nitrogens with one attached hydrogen (secondary N) is 1. The summed E-state index contributed by atoms with van der Waals surface area (Å²) in [5.41, 5.74) is 8.30. The third-order valence-electron chi connectivity index (χ3n) is 2.99. The van der Waals surface area contributed by atoms with Crippen molar-refractivity contribution in [1.29, 1.82) is 0 Å². The molecule has 0 aliphatic carbocycles. The second-order valence-electron chi connectivity index (χ2n) is 5.16. The molecule has 0 aromatic carbocycles. The Morgan fingerprint density at radius 2 is 2.00 bits per heavy atom. The van der Waals surface area contributed by atoms with E-state index in [2.05, 4.69) is 10.1 Å². The van der Waals surface area contributed by atoms with Gasteiger partial charge in [-0.3, -0.25) is 9.59 Å². The molecular formula is C14H24N4O5. The number of carbonyl (C=O) groups excluding carboxylic acids is 3. The molecule has 0 bridgehead atoms. The van der Waals surface area contributed by atoms with Crippen LogP contribution in [0.1, 0.15) is 19.8 Å². The lowest BCUT2D eigenvalue weighted by molar-refractivity contribution is -0.149. The number of rotatable bonds is 11. The Hall–Kier alpha value is -2.09. The number of amides is 1. The van der Waals surface area contributed by atoms with Crippen LogP contribution in [-0.4, -0.2) is 80.1 Å². The highest BCUT2D eigenvalue weighted by atomic mass is 16.5. The third kappa shape index (κ3) is 9.51. The second kappa shape index (κ2) is 11.5. The minimum Gasteiger partial charge on any atom is -0.463 e. The van der Waals surface area contributed by atoms with Crippen molar-refractivity contribution >= 4 is 23.9 Å². The Kier molecular flexibility index (Phi) is 10.4. The number of carbonyl (C=O) groups is 3. The average molecular weight is 328 g/mol. The van der Waals surface area contributed by atoms with E-state index in [1.165, 1.54) is 14.0 Å². The van der Waals surface area contributed by atoms with Crippen LogP contribution in [0.15, 0.2) is 0 Å². The van der Waals surface area contributed by atoms with Gasteiger partial charge in [-0.25, -0.2) is 4.79 Å². The van der Waals surface area contributed by atoms with Crippen LogP contribution >= 0.6 is 0 Å². The zero-order valence-corrected chi connectivity index (χ0v) is 13.9. The van der Waals surface area contributed by atoms with Crippen LogP contribution in [0, 0.1) is 0 Å². The minimum absolute atomic E-state index is 0.0355. The summed E-state index contributed by atoms with van der Waals surface area (Å²) in [7, 11) is 5.04. The molecule has 0 saturated heterocycles. The number of hydrogen-bond acceptors (Lipinski definition) is 6. The molecule has 0 aromatic heterocycles. The molecule has 0 unspecified atom stereocenters. The third-order valence-corrected chi connectivity index (χ3v) is 2.99. The van der Waals surface area contributed by atoms with Gasteiger partial charge in [0.2, 0.25) is 11.7 Å². The van der Waals surface area contributed by atoms with E-state index in [4.69, 9.17) is 15.0 Å². The molecule has 0 radical (unpaired) electrons. The molecule has 0 saturated carbocycles. The first kappa shape index (κ1) is 20.9. The summed E-state index contributed by atoms with van der Waals surface area (Å²) in [4.78, 5) is 39.7. The molecule has 0 aromatic rings. The van der Waals surface area contributed by atoms with Crippen molar-refractivity contribution in [1.82, 2.24) is 10.2 Å². The maximum Gasteiger partial charge on any atom is 0.328 e. The number of ketones is 1. The van der Waals surface area contributed by atoms with Crippen LogP contribution < -0.4 is 5.32 Å². The number of hydrogen-bond donors (Lipinski definition) is 1. The average Bonchev–Trinajstić information content (AvgIpc) is 2.49. The van der Waals surface area contributed by atoms with E-state index in [9.17, 15) is 14.4 Å². The van der Waals surface area contributed by atoms with Gasteiger partial charge in [0.1, 0.15) is 18.8 Å². The summed E-state index contributed by atoms with van der Waals surface area (Å²) < 4.78 is 9.97. The van der Waals surface area contributed by atoms with Gasteiger partial charge in [0.25, 0.3) is 0 Å². The molecule has 0 rings (SSSR count). The molecule has 0 fully saturated rings. The quantitative estimate of drug-likeness (QED) is 0.231. The fourth-order valence-electron chi connectivity index (χ4n) is 1.49. The summed E-state index contributed by atoms with van der Waals surface area (Å²) >= 11 is 0. The van der Waals surface area contributed by atoms with Crippen molar-refractivity contribution in [3.05, 3.63) is 5.53 Å². The molecular weight excluding hydrogens is 304 g/mol. The van der Waals surface area contributed by atoms with E-state index in [1.54, 1.807) is 0 Å². The van der Waals surface area contributed by atoms with Crippen LogP contribution in [0.2, 0.25) is 0 Å². The fourth-order valence-corrected chi connectivity index (χ4v) is 1.49. The van der Waals surface area contributed by atoms with Gasteiger partial charge >= 0.3 is 12.2 Å². The molecule has 1 N–H and O–H groups in total. The molecule has 1 amide bonds. The maximum absolute atomic E-state index is 12.1. The van der Waals surface area contributed by atoms with Crippen LogP contribution in [0.3, 0.4) is 0 Å². The predicted octanol–water partition coefficient (Wildman–Crippen LogP) is -0.739. The van der Waals surface area contributed by atoms with Crippen molar-refractivity contribution in [3.63, 3.8) is 0 Å². The summed E-state index contributed by atoms with van der Waals surface area (Å²) in [5, 5.41) is 2.49. The summed E-state index contributed by atoms with van der Waals surface area (Å²) in [6.45, 7) is 2.24. The van der Waals surface area contributed by atoms with E-state index < -0.39 is 29.8 Å². The first-order valence-electron chi connectivity index (χ1n) is 7.16. The SMILES string of the molecule is CO[C@H](C)C(=O)N[C@@H](CCC(=O)C=[N+]=[N-])C(=O)OCCN(C)C. The Bertz CT molecular complexity index is 460. The summed E-state index contributed by atoms with van der Waals surface area (Å²) in [6.07, 6.45) is -0.0251. The molecule has 2 atom stereocenters. The maximum atomic E-state index is 12.1. The number of nitrogens with zero attached hydrogens (tertiary/aromatic N) is 3. The zero-order valence-electron chi connectivity index (χ0n) is 13.9. The van der Waals surface area contributed by atoms with Crippen molar-refractivity contribution < 1.29 is 28.6 Å². The van der Waals surface area contributed by atoms with Gasteiger partial charge in [-0.15, -0.1) is 0 Å². The van der Waals surface area contributed by atoms with E-state index in [0.717, 1.165) is 6.21 Å². The lowest BCUT2D eigenvalue weighted by Gasteiger charge is -2.19. The first-order chi connectivity index (χ1) is 10.8. The molecule has 9 nitrogen and oxygen atoms in total. The van der Waals surface area contributed by atoms with Gasteiger partial charge in [-0.05, 0) is 27.4 Å². The first-order valence-corrected chi connectivity index (χ1v) is 7.16. The van der Waals surface area contributed by atoms with Gasteiger partial charge < -0.3 is 25.2 Å². The van der Waals surface area contributed by atoms with Crippen molar-refractivity contribution in [2.24, 2.45) is 0 Å². The molecule has 23 heavy (non-hydrogen) atoms. The molecule has 0 spiro atoms. The number of esters is 1. The highest BCUT2D eigenvalue weighted by Gasteiger charge is 2.25. The van der Waals surface area contributed by atoms with E-state index in [0.29, 0.717) is 6.54 Å². The lowest BCUT2D eigenvalue weighted by atomic mass is 10.1. The smallest absolute Gasteiger partial charge is 0.328 e. The van der Waals surface area contributed by atoms with Crippen LogP contribution in [0.4, 0.5) is 0 Å². The molecule has 9 heteroatoms. The van der Waals surface area contributed by atoms with E-state index >= 15 is 0 Å². The number of likely N-dealkylation sites (N-methyl/N-ethyl adjacent to an activating group) is 1. The van der Waals surface area contributed by atoms with E-state index in [-0.39, 0.29) is 19.4 Å². The summed E-state index contributed by atoms with van der Waals surface area (Å²) in [6, 6.07) is -0.974. The Labute approximate surface area is 135 Å². The zero-order chi connectivity index (χ0) is 17.8. The van der Waals surface area contributed by atoms with Crippen LogP contribution in [0.25, 0.3) is 5.53 Å². The Morgan fingerprint density at radius 3 is 2.52 bits per heavy atom. The number of methoxy groups -OCH3 is 1. The highest BCUT2D eigenvalue weighted by molar-refractivity contribution is 6.25.